The number of aliphatic hydroxyl groups is 1. The van der Waals surface area contributed by atoms with Gasteiger partial charge in [0.15, 0.2) is 0 Å². The van der Waals surface area contributed by atoms with Crippen LogP contribution in [-0.4, -0.2) is 35.2 Å². The van der Waals surface area contributed by atoms with Gasteiger partial charge in [0, 0.05) is 16.7 Å². The lowest BCUT2D eigenvalue weighted by Crippen LogP contribution is -2.45. The fourth-order valence-electron chi connectivity index (χ4n) is 0.953. The van der Waals surface area contributed by atoms with E-state index in [0.29, 0.717) is 0 Å². The van der Waals surface area contributed by atoms with Gasteiger partial charge >= 0.3 is 0 Å². The molecule has 84 valence electrons. The van der Waals surface area contributed by atoms with E-state index in [9.17, 15) is 4.79 Å². The van der Waals surface area contributed by atoms with Gasteiger partial charge in [0.05, 0.1) is 6.61 Å². The highest BCUT2D eigenvalue weighted by Gasteiger charge is 2.25. The van der Waals surface area contributed by atoms with E-state index in [1.54, 1.807) is 11.8 Å². The highest BCUT2D eigenvalue weighted by atomic mass is 32.2. The number of amides is 1. The fourth-order valence-corrected chi connectivity index (χ4v) is 1.58. The molecule has 0 aromatic heterocycles. The number of nitrogens with one attached hydrogen (secondary N) is 1. The third-order valence-corrected chi connectivity index (χ3v) is 3.24. The first-order valence-corrected chi connectivity index (χ1v) is 6.06. The van der Waals surface area contributed by atoms with Crippen LogP contribution in [0.15, 0.2) is 0 Å². The molecule has 4 heteroatoms. The molecule has 0 saturated heterocycles. The molecule has 2 atom stereocenters. The summed E-state index contributed by atoms with van der Waals surface area (Å²) in [6.07, 6.45) is 1.93. The lowest BCUT2D eigenvalue weighted by molar-refractivity contribution is -0.129. The maximum atomic E-state index is 11.6. The molecule has 0 aliphatic heterocycles. The van der Waals surface area contributed by atoms with E-state index in [-0.39, 0.29) is 29.2 Å². The molecular formula is C10H21NO2S. The fraction of sp³-hybridized carbons (Fsp3) is 0.900. The normalized spacial score (nSPS) is 16.1. The Morgan fingerprint density at radius 3 is 2.29 bits per heavy atom. The van der Waals surface area contributed by atoms with Gasteiger partial charge in [0.2, 0.25) is 5.91 Å². The summed E-state index contributed by atoms with van der Waals surface area (Å²) in [5.41, 5.74) is -0.368. The summed E-state index contributed by atoms with van der Waals surface area (Å²) in [6.45, 7) is 7.64. The second kappa shape index (κ2) is 5.61. The van der Waals surface area contributed by atoms with E-state index in [2.05, 4.69) is 5.32 Å². The molecule has 0 aliphatic rings. The van der Waals surface area contributed by atoms with Crippen LogP contribution in [0.5, 0.6) is 0 Å². The largest absolute Gasteiger partial charge is 0.395 e. The van der Waals surface area contributed by atoms with Crippen molar-refractivity contribution < 1.29 is 9.90 Å². The summed E-state index contributed by atoms with van der Waals surface area (Å²) in [5, 5.41) is 12.0. The number of hydrogen-bond donors (Lipinski definition) is 2. The maximum absolute atomic E-state index is 11.6. The molecule has 0 aromatic carbocycles. The van der Waals surface area contributed by atoms with Crippen molar-refractivity contribution in [3.63, 3.8) is 0 Å². The van der Waals surface area contributed by atoms with Crippen molar-refractivity contribution >= 4 is 17.7 Å². The Labute approximate surface area is 90.7 Å². The van der Waals surface area contributed by atoms with Crippen molar-refractivity contribution in [3.8, 4) is 0 Å². The molecule has 0 fully saturated rings. The third kappa shape index (κ3) is 4.33. The first kappa shape index (κ1) is 13.8. The second-order valence-corrected chi connectivity index (χ2v) is 5.55. The molecular weight excluding hydrogens is 198 g/mol. The summed E-state index contributed by atoms with van der Waals surface area (Å²) < 4.78 is 0. The molecule has 0 saturated carbocycles. The minimum atomic E-state index is -0.368. The summed E-state index contributed by atoms with van der Waals surface area (Å²) in [6, 6.07) is 0.00160. The van der Waals surface area contributed by atoms with Crippen molar-refractivity contribution in [1.29, 1.82) is 0 Å². The van der Waals surface area contributed by atoms with Crippen LogP contribution in [0.2, 0.25) is 0 Å². The average Bonchev–Trinajstić information content (AvgIpc) is 2.04. The van der Waals surface area contributed by atoms with Crippen LogP contribution in [0.25, 0.3) is 0 Å². The molecule has 2 unspecified atom stereocenters. The van der Waals surface area contributed by atoms with Gasteiger partial charge in [-0.1, -0.05) is 20.8 Å². The van der Waals surface area contributed by atoms with Crippen molar-refractivity contribution in [1.82, 2.24) is 5.32 Å². The lowest BCUT2D eigenvalue weighted by Gasteiger charge is -2.25. The minimum Gasteiger partial charge on any atom is -0.395 e. The number of carbonyl (C=O) groups excluding carboxylic acids is 1. The first-order valence-electron chi connectivity index (χ1n) is 4.77. The maximum Gasteiger partial charge on any atom is 0.225 e. The molecule has 0 bridgehead atoms. The van der Waals surface area contributed by atoms with E-state index in [1.165, 1.54) is 0 Å². The first-order chi connectivity index (χ1) is 6.32. The van der Waals surface area contributed by atoms with E-state index in [0.717, 1.165) is 0 Å². The monoisotopic (exact) mass is 219 g/mol. The molecule has 14 heavy (non-hydrogen) atoms. The molecule has 0 aliphatic carbocycles. The Hall–Kier alpha value is -0.220. The summed E-state index contributed by atoms with van der Waals surface area (Å²) >= 11 is 1.57. The van der Waals surface area contributed by atoms with Crippen LogP contribution >= 0.6 is 11.8 Å². The van der Waals surface area contributed by atoms with Gasteiger partial charge in [-0.15, -0.1) is 0 Å². The molecule has 0 spiro atoms. The number of rotatable bonds is 4. The SMILES string of the molecule is CSC(CO)C(C)NC(=O)C(C)(C)C. The van der Waals surface area contributed by atoms with Crippen molar-refractivity contribution in [2.45, 2.75) is 39.0 Å². The lowest BCUT2D eigenvalue weighted by atomic mass is 9.95. The standard InChI is InChI=1S/C10H21NO2S/c1-7(8(6-12)14-5)11-9(13)10(2,3)4/h7-8,12H,6H2,1-5H3,(H,11,13). The Balaban J connectivity index is 4.18. The Bertz CT molecular complexity index is 185. The predicted octanol–water partition coefficient (Wildman–Crippen LogP) is 1.26. The van der Waals surface area contributed by atoms with E-state index in [4.69, 9.17) is 5.11 Å². The average molecular weight is 219 g/mol. The van der Waals surface area contributed by atoms with Gasteiger partial charge in [0.25, 0.3) is 0 Å². The predicted molar refractivity (Wildman–Crippen MR) is 61.4 cm³/mol. The van der Waals surface area contributed by atoms with Gasteiger partial charge in [-0.3, -0.25) is 4.79 Å². The van der Waals surface area contributed by atoms with E-state index in [1.807, 2.05) is 34.0 Å². The topological polar surface area (TPSA) is 49.3 Å². The molecule has 1 amide bonds. The number of carbonyl (C=O) groups is 1. The number of thioether (sulfide) groups is 1. The van der Waals surface area contributed by atoms with Crippen LogP contribution in [-0.2, 0) is 4.79 Å². The van der Waals surface area contributed by atoms with Crippen LogP contribution < -0.4 is 5.32 Å². The molecule has 3 nitrogen and oxygen atoms in total. The summed E-state index contributed by atoms with van der Waals surface area (Å²) in [5.74, 6) is 0.0255. The zero-order valence-corrected chi connectivity index (χ0v) is 10.4. The Morgan fingerprint density at radius 1 is 1.50 bits per heavy atom. The molecule has 2 N–H and O–H groups in total. The number of aliphatic hydroxyl groups excluding tert-OH is 1. The zero-order valence-electron chi connectivity index (χ0n) is 9.63. The molecule has 0 heterocycles. The highest BCUT2D eigenvalue weighted by molar-refractivity contribution is 7.99. The van der Waals surface area contributed by atoms with Gasteiger partial charge in [-0.25, -0.2) is 0 Å². The van der Waals surface area contributed by atoms with E-state index >= 15 is 0 Å². The quantitative estimate of drug-likeness (QED) is 0.748. The Kier molecular flexibility index (Phi) is 5.52. The highest BCUT2D eigenvalue weighted by Crippen LogP contribution is 2.15. The van der Waals surface area contributed by atoms with Crippen molar-refractivity contribution in [2.24, 2.45) is 5.41 Å². The summed E-state index contributed by atoms with van der Waals surface area (Å²) in [7, 11) is 0. The van der Waals surface area contributed by atoms with Crippen LogP contribution in [0.1, 0.15) is 27.7 Å². The molecule has 0 rings (SSSR count). The number of hydrogen-bond acceptors (Lipinski definition) is 3. The third-order valence-electron chi connectivity index (χ3n) is 2.08. The van der Waals surface area contributed by atoms with Crippen LogP contribution in [0, 0.1) is 5.41 Å². The van der Waals surface area contributed by atoms with Gasteiger partial charge in [-0.05, 0) is 13.2 Å². The van der Waals surface area contributed by atoms with Gasteiger partial charge in [0.1, 0.15) is 0 Å². The zero-order chi connectivity index (χ0) is 11.4. The summed E-state index contributed by atoms with van der Waals surface area (Å²) in [4.78, 5) is 11.6. The van der Waals surface area contributed by atoms with Crippen LogP contribution in [0.3, 0.4) is 0 Å². The van der Waals surface area contributed by atoms with Crippen molar-refractivity contribution in [2.75, 3.05) is 12.9 Å². The van der Waals surface area contributed by atoms with Gasteiger partial charge in [-0.2, -0.15) is 11.8 Å². The molecule has 0 aromatic rings. The Morgan fingerprint density at radius 2 is 2.00 bits per heavy atom. The van der Waals surface area contributed by atoms with Crippen molar-refractivity contribution in [3.05, 3.63) is 0 Å². The van der Waals surface area contributed by atoms with E-state index < -0.39 is 0 Å². The minimum absolute atomic E-state index is 0.00160. The van der Waals surface area contributed by atoms with Crippen LogP contribution in [0.4, 0.5) is 0 Å². The molecule has 0 radical (unpaired) electrons. The smallest absolute Gasteiger partial charge is 0.225 e. The van der Waals surface area contributed by atoms with Gasteiger partial charge < -0.3 is 10.4 Å². The second-order valence-electron chi connectivity index (χ2n) is 4.47.